The number of benzene rings is 1. The summed E-state index contributed by atoms with van der Waals surface area (Å²) in [6.07, 6.45) is 4.25. The van der Waals surface area contributed by atoms with Gasteiger partial charge in [0.2, 0.25) is 6.41 Å². The van der Waals surface area contributed by atoms with Crippen molar-refractivity contribution in [2.24, 2.45) is 5.73 Å². The summed E-state index contributed by atoms with van der Waals surface area (Å²) in [5, 5.41) is 0. The first-order chi connectivity index (χ1) is 12.2. The highest BCUT2D eigenvalue weighted by Gasteiger charge is 2.29. The number of rotatable bonds is 9. The minimum absolute atomic E-state index is 0.127. The molecule has 1 fully saturated rings. The third-order valence-electron chi connectivity index (χ3n) is 3.85. The van der Waals surface area contributed by atoms with Crippen LogP contribution in [-0.4, -0.2) is 50.0 Å². The van der Waals surface area contributed by atoms with Gasteiger partial charge in [0.15, 0.2) is 0 Å². The molecule has 1 saturated heterocycles. The van der Waals surface area contributed by atoms with E-state index in [1.807, 2.05) is 30.3 Å². The predicted molar refractivity (Wildman–Crippen MR) is 97.4 cm³/mol. The van der Waals surface area contributed by atoms with Crippen molar-refractivity contribution in [3.63, 3.8) is 0 Å². The smallest absolute Gasteiger partial charge is 0.256 e. The molecule has 1 aromatic carbocycles. The SMILES string of the molecule is COCc1ccccc1.NCCCCNNC(=O)C1CCCN1C=O. The first-order valence-electron chi connectivity index (χ1n) is 8.69. The zero-order valence-electron chi connectivity index (χ0n) is 14.9. The Bertz CT molecular complexity index is 484. The summed E-state index contributed by atoms with van der Waals surface area (Å²) in [6.45, 7) is 2.75. The topological polar surface area (TPSA) is 96.7 Å². The number of carbonyl (C=O) groups excluding carboxylic acids is 2. The Labute approximate surface area is 149 Å². The molecule has 7 heteroatoms. The number of hydrazine groups is 1. The molecule has 1 atom stereocenters. The molecule has 4 N–H and O–H groups in total. The number of carbonyl (C=O) groups is 2. The second-order valence-electron chi connectivity index (χ2n) is 5.83. The van der Waals surface area contributed by atoms with Gasteiger partial charge in [0.1, 0.15) is 6.04 Å². The van der Waals surface area contributed by atoms with E-state index in [9.17, 15) is 9.59 Å². The molecule has 2 amide bonds. The van der Waals surface area contributed by atoms with Gasteiger partial charge in [0.25, 0.3) is 5.91 Å². The number of unbranched alkanes of at least 4 members (excludes halogenated alkanes) is 1. The van der Waals surface area contributed by atoms with Crippen molar-refractivity contribution in [3.8, 4) is 0 Å². The second-order valence-corrected chi connectivity index (χ2v) is 5.83. The molecule has 0 radical (unpaired) electrons. The van der Waals surface area contributed by atoms with Crippen molar-refractivity contribution in [1.29, 1.82) is 0 Å². The van der Waals surface area contributed by atoms with Crippen LogP contribution in [0.5, 0.6) is 0 Å². The monoisotopic (exact) mass is 350 g/mol. The third kappa shape index (κ3) is 8.62. The number of ether oxygens (including phenoxy) is 1. The van der Waals surface area contributed by atoms with E-state index in [1.165, 1.54) is 10.5 Å². The van der Waals surface area contributed by atoms with Crippen LogP contribution < -0.4 is 16.6 Å². The number of methoxy groups -OCH3 is 1. The predicted octanol–water partition coefficient (Wildman–Crippen LogP) is 0.800. The summed E-state index contributed by atoms with van der Waals surface area (Å²) < 4.78 is 4.93. The van der Waals surface area contributed by atoms with Crippen LogP contribution in [0.3, 0.4) is 0 Å². The molecule has 0 bridgehead atoms. The summed E-state index contributed by atoms with van der Waals surface area (Å²) in [7, 11) is 1.70. The second kappa shape index (κ2) is 13.3. The van der Waals surface area contributed by atoms with Crippen molar-refractivity contribution in [2.75, 3.05) is 26.7 Å². The molecule has 1 heterocycles. The average molecular weight is 350 g/mol. The Kier molecular flexibility index (Phi) is 11.3. The summed E-state index contributed by atoms with van der Waals surface area (Å²) in [4.78, 5) is 23.8. The van der Waals surface area contributed by atoms with E-state index in [4.69, 9.17) is 10.5 Å². The number of nitrogens with one attached hydrogen (secondary N) is 2. The van der Waals surface area contributed by atoms with Crippen LogP contribution in [0.2, 0.25) is 0 Å². The van der Waals surface area contributed by atoms with Gasteiger partial charge >= 0.3 is 0 Å². The van der Waals surface area contributed by atoms with Gasteiger partial charge in [-0.2, -0.15) is 0 Å². The minimum Gasteiger partial charge on any atom is -0.380 e. The first kappa shape index (κ1) is 21.1. The van der Waals surface area contributed by atoms with E-state index in [1.54, 1.807) is 7.11 Å². The van der Waals surface area contributed by atoms with E-state index >= 15 is 0 Å². The van der Waals surface area contributed by atoms with E-state index in [-0.39, 0.29) is 11.9 Å². The molecule has 0 aromatic heterocycles. The molecule has 2 rings (SSSR count). The number of hydrogen-bond donors (Lipinski definition) is 3. The standard InChI is InChI=1S/C10H20N4O2.C8H10O/c11-5-1-2-6-12-13-10(16)9-4-3-7-14(9)8-15;1-9-7-8-5-3-2-4-6-8/h8-9,12H,1-7,11H2,(H,13,16);2-6H,7H2,1H3. The Morgan fingerprint density at radius 1 is 1.36 bits per heavy atom. The molecule has 140 valence electrons. The maximum Gasteiger partial charge on any atom is 0.256 e. The van der Waals surface area contributed by atoms with Gasteiger partial charge < -0.3 is 15.4 Å². The zero-order valence-corrected chi connectivity index (χ0v) is 14.9. The Balaban J connectivity index is 0.000000293. The highest BCUT2D eigenvalue weighted by molar-refractivity contribution is 5.83. The molecule has 0 saturated carbocycles. The molecule has 1 aliphatic heterocycles. The number of nitrogens with zero attached hydrogens (tertiary/aromatic N) is 1. The molecule has 7 nitrogen and oxygen atoms in total. The lowest BCUT2D eigenvalue weighted by Gasteiger charge is -2.19. The minimum atomic E-state index is -0.306. The maximum atomic E-state index is 11.6. The van der Waals surface area contributed by atoms with Crippen LogP contribution >= 0.6 is 0 Å². The lowest BCUT2D eigenvalue weighted by molar-refractivity contribution is -0.131. The van der Waals surface area contributed by atoms with Crippen molar-refractivity contribution in [1.82, 2.24) is 15.8 Å². The molecule has 1 unspecified atom stereocenters. The van der Waals surface area contributed by atoms with Crippen LogP contribution in [0.25, 0.3) is 0 Å². The fourth-order valence-electron chi connectivity index (χ4n) is 2.53. The number of nitrogens with two attached hydrogens (primary N) is 1. The summed E-state index contributed by atoms with van der Waals surface area (Å²) in [5.41, 5.74) is 12.0. The van der Waals surface area contributed by atoms with E-state index in [0.29, 0.717) is 26.2 Å². The van der Waals surface area contributed by atoms with Gasteiger partial charge in [-0.1, -0.05) is 30.3 Å². The number of amides is 2. The molecule has 1 aromatic rings. The van der Waals surface area contributed by atoms with Gasteiger partial charge in [-0.05, 0) is 37.8 Å². The van der Waals surface area contributed by atoms with E-state index in [0.717, 1.165) is 32.1 Å². The largest absolute Gasteiger partial charge is 0.380 e. The number of hydrogen-bond acceptors (Lipinski definition) is 5. The van der Waals surface area contributed by atoms with Crippen LogP contribution in [0.4, 0.5) is 0 Å². The summed E-state index contributed by atoms with van der Waals surface area (Å²) in [6, 6.07) is 9.80. The van der Waals surface area contributed by atoms with Gasteiger partial charge in [-0.15, -0.1) is 0 Å². The molecular formula is C18H30N4O3. The van der Waals surface area contributed by atoms with Gasteiger partial charge in [0.05, 0.1) is 6.61 Å². The van der Waals surface area contributed by atoms with E-state index < -0.39 is 0 Å². The van der Waals surface area contributed by atoms with Crippen molar-refractivity contribution in [2.45, 2.75) is 38.3 Å². The normalized spacial score (nSPS) is 16.1. The van der Waals surface area contributed by atoms with Crippen molar-refractivity contribution < 1.29 is 14.3 Å². The third-order valence-corrected chi connectivity index (χ3v) is 3.85. The van der Waals surface area contributed by atoms with Crippen molar-refractivity contribution >= 4 is 12.3 Å². The first-order valence-corrected chi connectivity index (χ1v) is 8.69. The Morgan fingerprint density at radius 2 is 2.12 bits per heavy atom. The quantitative estimate of drug-likeness (QED) is 0.348. The lowest BCUT2D eigenvalue weighted by Crippen LogP contribution is -2.48. The number of likely N-dealkylation sites (tertiary alicyclic amines) is 1. The summed E-state index contributed by atoms with van der Waals surface area (Å²) >= 11 is 0. The van der Waals surface area contributed by atoms with Gasteiger partial charge in [0, 0.05) is 20.2 Å². The van der Waals surface area contributed by atoms with Gasteiger partial charge in [-0.25, -0.2) is 5.43 Å². The van der Waals surface area contributed by atoms with Crippen LogP contribution in [0, 0.1) is 0 Å². The maximum absolute atomic E-state index is 11.6. The highest BCUT2D eigenvalue weighted by Crippen LogP contribution is 2.14. The molecule has 1 aliphatic rings. The zero-order chi connectivity index (χ0) is 18.3. The molecule has 0 aliphatic carbocycles. The molecule has 25 heavy (non-hydrogen) atoms. The molecule has 0 spiro atoms. The average Bonchev–Trinajstić information content (AvgIpc) is 3.12. The van der Waals surface area contributed by atoms with Crippen molar-refractivity contribution in [3.05, 3.63) is 35.9 Å². The lowest BCUT2D eigenvalue weighted by atomic mass is 10.2. The van der Waals surface area contributed by atoms with Crippen LogP contribution in [0.15, 0.2) is 30.3 Å². The van der Waals surface area contributed by atoms with Gasteiger partial charge in [-0.3, -0.25) is 15.0 Å². The molecular weight excluding hydrogens is 320 g/mol. The highest BCUT2D eigenvalue weighted by atomic mass is 16.5. The fourth-order valence-corrected chi connectivity index (χ4v) is 2.53. The van der Waals surface area contributed by atoms with E-state index in [2.05, 4.69) is 10.9 Å². The van der Waals surface area contributed by atoms with Crippen LogP contribution in [-0.2, 0) is 20.9 Å². The Morgan fingerprint density at radius 3 is 2.76 bits per heavy atom. The summed E-state index contributed by atoms with van der Waals surface area (Å²) in [5.74, 6) is -0.127. The fraction of sp³-hybridized carbons (Fsp3) is 0.556. The van der Waals surface area contributed by atoms with Crippen LogP contribution in [0.1, 0.15) is 31.2 Å². The Hall–Kier alpha value is -1.96.